The zero-order valence-electron chi connectivity index (χ0n) is 21.3. The van der Waals surface area contributed by atoms with Crippen LogP contribution in [0.15, 0.2) is 42.5 Å². The number of hydrogen-bond acceptors (Lipinski definition) is 2. The second kappa shape index (κ2) is 12.7. The van der Waals surface area contributed by atoms with Crippen molar-refractivity contribution < 1.29 is 18.3 Å². The first kappa shape index (κ1) is 28.4. The van der Waals surface area contributed by atoms with Crippen molar-refractivity contribution in [2.45, 2.75) is 79.8 Å². The number of nitrogens with zero attached hydrogens (tertiary/aromatic N) is 1. The maximum absolute atomic E-state index is 5.82. The average Bonchev–Trinajstić information content (AvgIpc) is 3.08. The van der Waals surface area contributed by atoms with Crippen LogP contribution in [0.3, 0.4) is 0 Å². The second-order valence-electron chi connectivity index (χ2n) is 10.2. The number of halogens is 2. The summed E-state index contributed by atoms with van der Waals surface area (Å²) in [5.41, 5.74) is 5.77. The summed E-state index contributed by atoms with van der Waals surface area (Å²) in [7, 11) is 11.6. The fourth-order valence-corrected chi connectivity index (χ4v) is 5.80. The number of anilines is 1. The SMILES string of the molecule is CC(C)Oc1ccccc1[CH]=[Ru]([Cl])[Cl].CC(C)c1cccc(C(C)C)c1N1[CH-]C(C)(C)CC1. The number of para-hydroxylation sites is 2. The first-order valence-corrected chi connectivity index (χ1v) is 17.2. The average molecular weight is 579 g/mol. The van der Waals surface area contributed by atoms with E-state index in [1.165, 1.54) is 23.2 Å². The number of ether oxygens (including phenoxy) is 1. The third-order valence-corrected chi connectivity index (χ3v) is 7.43. The summed E-state index contributed by atoms with van der Waals surface area (Å²) in [4.78, 5) is 2.50. The van der Waals surface area contributed by atoms with Gasteiger partial charge in [0, 0.05) is 5.69 Å². The van der Waals surface area contributed by atoms with Gasteiger partial charge in [-0.05, 0) is 29.5 Å². The molecule has 186 valence electrons. The van der Waals surface area contributed by atoms with Gasteiger partial charge in [-0.1, -0.05) is 66.2 Å². The number of benzene rings is 2. The van der Waals surface area contributed by atoms with Crippen LogP contribution in [0.1, 0.15) is 90.3 Å². The molecule has 0 radical (unpaired) electrons. The third kappa shape index (κ3) is 8.68. The molecule has 0 aliphatic carbocycles. The van der Waals surface area contributed by atoms with Crippen LogP contribution < -0.4 is 9.64 Å². The molecule has 1 aliphatic rings. The first-order valence-electron chi connectivity index (χ1n) is 11.8. The van der Waals surface area contributed by atoms with Gasteiger partial charge in [0.2, 0.25) is 0 Å². The summed E-state index contributed by atoms with van der Waals surface area (Å²) in [5.74, 6) is 2.00. The van der Waals surface area contributed by atoms with Gasteiger partial charge in [0.25, 0.3) is 0 Å². The maximum atomic E-state index is 5.82. The van der Waals surface area contributed by atoms with Crippen LogP contribution in [-0.2, 0) is 13.5 Å². The molecule has 33 heavy (non-hydrogen) atoms. The zero-order chi connectivity index (χ0) is 24.8. The van der Waals surface area contributed by atoms with Crippen LogP contribution in [-0.4, -0.2) is 17.3 Å². The maximum Gasteiger partial charge on any atom is 0.0141 e. The molecule has 2 nitrogen and oxygen atoms in total. The minimum atomic E-state index is -1.77. The Morgan fingerprint density at radius 1 is 0.939 bits per heavy atom. The van der Waals surface area contributed by atoms with Gasteiger partial charge in [0.05, 0.1) is 0 Å². The van der Waals surface area contributed by atoms with Gasteiger partial charge in [0.1, 0.15) is 0 Å². The molecular weight excluding hydrogens is 538 g/mol. The Kier molecular flexibility index (Phi) is 10.9. The van der Waals surface area contributed by atoms with Gasteiger partial charge >= 0.3 is 97.8 Å². The van der Waals surface area contributed by atoms with E-state index in [9.17, 15) is 0 Å². The van der Waals surface area contributed by atoms with Crippen LogP contribution >= 0.6 is 19.4 Å². The molecule has 1 saturated heterocycles. The van der Waals surface area contributed by atoms with Crippen molar-refractivity contribution in [1.82, 2.24) is 0 Å². The van der Waals surface area contributed by atoms with E-state index >= 15 is 0 Å². The molecule has 5 heteroatoms. The Morgan fingerprint density at radius 3 is 1.97 bits per heavy atom. The molecule has 1 heterocycles. The van der Waals surface area contributed by atoms with Crippen LogP contribution in [0.4, 0.5) is 5.69 Å². The normalized spacial score (nSPS) is 15.5. The third-order valence-electron chi connectivity index (χ3n) is 5.60. The summed E-state index contributed by atoms with van der Waals surface area (Å²) < 4.78 is 7.51. The molecule has 1 aliphatic heterocycles. The molecule has 2 aromatic carbocycles. The van der Waals surface area contributed by atoms with Crippen LogP contribution in [0.25, 0.3) is 0 Å². The summed E-state index contributed by atoms with van der Waals surface area (Å²) >= 11 is -1.77. The zero-order valence-corrected chi connectivity index (χ0v) is 24.6. The molecule has 0 spiro atoms. The van der Waals surface area contributed by atoms with E-state index in [1.54, 1.807) is 0 Å². The van der Waals surface area contributed by atoms with Crippen molar-refractivity contribution >= 4 is 29.7 Å². The summed E-state index contributed by atoms with van der Waals surface area (Å²) in [6.07, 6.45) is 1.41. The van der Waals surface area contributed by atoms with Gasteiger partial charge in [0.15, 0.2) is 0 Å². The monoisotopic (exact) mass is 578 g/mol. The predicted molar refractivity (Wildman–Crippen MR) is 144 cm³/mol. The molecule has 0 aromatic heterocycles. The van der Waals surface area contributed by atoms with E-state index in [0.717, 1.165) is 17.9 Å². The predicted octanol–water partition coefficient (Wildman–Crippen LogP) is 8.88. The summed E-state index contributed by atoms with van der Waals surface area (Å²) in [6.45, 7) is 21.4. The number of rotatable bonds is 6. The minimum absolute atomic E-state index is 0.163. The standard InChI is InChI=1S/C18H28N.C10H12O.2ClH.Ru/c1-13(2)15-8-7-9-16(14(3)4)17(15)19-11-10-18(5,6)12-19;1-8(2)11-10-7-5-4-6-9(10)3;;;/h7-9,12-14H,10-11H2,1-6H3;3-8H,1-2H3;2*1H;/q-1;;;;+2/p-2. The van der Waals surface area contributed by atoms with Crippen molar-refractivity contribution in [1.29, 1.82) is 0 Å². The molecule has 3 rings (SSSR count). The van der Waals surface area contributed by atoms with Crippen LogP contribution in [0, 0.1) is 12.0 Å². The smallest absolute Gasteiger partial charge is 0.0141 e. The van der Waals surface area contributed by atoms with Crippen molar-refractivity contribution in [3.8, 4) is 5.75 Å². The van der Waals surface area contributed by atoms with Gasteiger partial charge in [-0.15, -0.1) is 5.41 Å². The minimum Gasteiger partial charge on any atom is -0.521 e. The molecule has 0 bridgehead atoms. The van der Waals surface area contributed by atoms with E-state index in [1.807, 2.05) is 42.7 Å². The summed E-state index contributed by atoms with van der Waals surface area (Å²) in [5, 5.41) is 0. The molecule has 0 saturated carbocycles. The first-order chi connectivity index (χ1) is 15.4. The van der Waals surface area contributed by atoms with E-state index in [2.05, 4.69) is 71.2 Å². The topological polar surface area (TPSA) is 12.5 Å². The molecule has 0 amide bonds. The van der Waals surface area contributed by atoms with Gasteiger partial charge in [-0.25, -0.2) is 6.54 Å². The van der Waals surface area contributed by atoms with Gasteiger partial charge in [-0.3, -0.25) is 0 Å². The second-order valence-corrected chi connectivity index (χ2v) is 15.9. The molecule has 1 fully saturated rings. The molecular formula is C28H40Cl2NORu-. The Bertz CT molecular complexity index is 907. The van der Waals surface area contributed by atoms with E-state index in [0.29, 0.717) is 17.3 Å². The Labute approximate surface area is 215 Å². The Hall–Kier alpha value is -0.887. The number of hydrogen-bond donors (Lipinski definition) is 0. The van der Waals surface area contributed by atoms with E-state index < -0.39 is 13.5 Å². The van der Waals surface area contributed by atoms with Crippen molar-refractivity contribution in [2.24, 2.45) is 5.41 Å². The fourth-order valence-electron chi connectivity index (χ4n) is 3.99. The van der Waals surface area contributed by atoms with E-state index in [4.69, 9.17) is 24.1 Å². The fraction of sp³-hybridized carbons (Fsp3) is 0.500. The van der Waals surface area contributed by atoms with E-state index in [-0.39, 0.29) is 6.10 Å². The van der Waals surface area contributed by atoms with Gasteiger partial charge < -0.3 is 4.90 Å². The largest absolute Gasteiger partial charge is 0.521 e. The molecule has 0 atom stereocenters. The molecule has 2 aromatic rings. The Balaban J connectivity index is 0.000000245. The van der Waals surface area contributed by atoms with Gasteiger partial charge in [-0.2, -0.15) is 0 Å². The molecule has 0 N–H and O–H groups in total. The van der Waals surface area contributed by atoms with Crippen molar-refractivity contribution in [2.75, 3.05) is 11.4 Å². The molecule has 0 unspecified atom stereocenters. The quantitative estimate of drug-likeness (QED) is 0.251. The van der Waals surface area contributed by atoms with Crippen molar-refractivity contribution in [3.05, 3.63) is 65.7 Å². The van der Waals surface area contributed by atoms with Crippen molar-refractivity contribution in [3.63, 3.8) is 0 Å². The Morgan fingerprint density at radius 2 is 1.52 bits per heavy atom. The van der Waals surface area contributed by atoms with Crippen LogP contribution in [0.2, 0.25) is 0 Å². The summed E-state index contributed by atoms with van der Waals surface area (Å²) in [6, 6.07) is 14.6. The van der Waals surface area contributed by atoms with Crippen LogP contribution in [0.5, 0.6) is 5.75 Å².